The lowest BCUT2D eigenvalue weighted by atomic mass is 10.3. The zero-order valence-electron chi connectivity index (χ0n) is 8.00. The molecule has 2 nitrogen and oxygen atoms in total. The van der Waals surface area contributed by atoms with Gasteiger partial charge in [-0.1, -0.05) is 13.8 Å². The molecule has 0 heterocycles. The number of hydrogen-bond donors (Lipinski definition) is 1. The van der Waals surface area contributed by atoms with Crippen molar-refractivity contribution < 1.29 is 4.74 Å². The SMILES string of the molecule is CC.CCOc1ccc(N)cc1. The molecule has 1 aromatic rings. The minimum Gasteiger partial charge on any atom is -0.494 e. The van der Waals surface area contributed by atoms with E-state index in [0.717, 1.165) is 11.4 Å². The molecular formula is C10H17NO. The van der Waals surface area contributed by atoms with Gasteiger partial charge in [-0.25, -0.2) is 0 Å². The summed E-state index contributed by atoms with van der Waals surface area (Å²) in [6.07, 6.45) is 0. The summed E-state index contributed by atoms with van der Waals surface area (Å²) in [6, 6.07) is 7.37. The maximum atomic E-state index is 5.47. The first-order chi connectivity index (χ1) is 5.83. The molecule has 0 aliphatic carbocycles. The first-order valence-electron chi connectivity index (χ1n) is 4.31. The second kappa shape index (κ2) is 6.53. The van der Waals surface area contributed by atoms with Gasteiger partial charge >= 0.3 is 0 Å². The Bertz CT molecular complexity index is 193. The molecule has 1 rings (SSSR count). The number of hydrogen-bond acceptors (Lipinski definition) is 2. The van der Waals surface area contributed by atoms with Gasteiger partial charge < -0.3 is 10.5 Å². The quantitative estimate of drug-likeness (QED) is 0.687. The van der Waals surface area contributed by atoms with Crippen LogP contribution in [-0.4, -0.2) is 6.61 Å². The summed E-state index contributed by atoms with van der Waals surface area (Å²) in [5, 5.41) is 0. The molecule has 0 amide bonds. The van der Waals surface area contributed by atoms with Crippen molar-refractivity contribution in [2.24, 2.45) is 0 Å². The zero-order chi connectivity index (χ0) is 9.40. The number of nitrogens with two attached hydrogens (primary N) is 1. The highest BCUT2D eigenvalue weighted by Crippen LogP contribution is 2.12. The minimum absolute atomic E-state index is 0.698. The second-order valence-electron chi connectivity index (χ2n) is 2.00. The fourth-order valence-corrected chi connectivity index (χ4v) is 0.731. The van der Waals surface area contributed by atoms with Crippen molar-refractivity contribution in [3.63, 3.8) is 0 Å². The maximum absolute atomic E-state index is 5.47. The summed E-state index contributed by atoms with van der Waals surface area (Å²) in [5.74, 6) is 0.872. The van der Waals surface area contributed by atoms with Gasteiger partial charge in [-0.05, 0) is 31.2 Å². The van der Waals surface area contributed by atoms with E-state index in [9.17, 15) is 0 Å². The minimum atomic E-state index is 0.698. The van der Waals surface area contributed by atoms with Gasteiger partial charge in [0.25, 0.3) is 0 Å². The first kappa shape index (κ1) is 10.8. The van der Waals surface area contributed by atoms with Crippen LogP contribution in [0.5, 0.6) is 5.75 Å². The molecule has 0 radical (unpaired) electrons. The first-order valence-corrected chi connectivity index (χ1v) is 4.31. The van der Waals surface area contributed by atoms with E-state index in [4.69, 9.17) is 10.5 Å². The largest absolute Gasteiger partial charge is 0.494 e. The fraction of sp³-hybridized carbons (Fsp3) is 0.400. The van der Waals surface area contributed by atoms with Crippen LogP contribution < -0.4 is 10.5 Å². The van der Waals surface area contributed by atoms with Gasteiger partial charge in [0.1, 0.15) is 5.75 Å². The van der Waals surface area contributed by atoms with Crippen LogP contribution in [-0.2, 0) is 0 Å². The standard InChI is InChI=1S/C8H11NO.C2H6/c1-2-10-8-5-3-7(9)4-6-8;1-2/h3-6H,2,9H2,1H3;1-2H3. The number of rotatable bonds is 2. The summed E-state index contributed by atoms with van der Waals surface area (Å²) in [7, 11) is 0. The average Bonchev–Trinajstić information content (AvgIpc) is 2.13. The van der Waals surface area contributed by atoms with E-state index in [1.807, 2.05) is 45.0 Å². The molecule has 0 saturated heterocycles. The average molecular weight is 167 g/mol. The molecule has 2 heteroatoms. The van der Waals surface area contributed by atoms with Crippen LogP contribution in [0, 0.1) is 0 Å². The van der Waals surface area contributed by atoms with Crippen LogP contribution in [0.15, 0.2) is 24.3 Å². The summed E-state index contributed by atoms with van der Waals surface area (Å²) < 4.78 is 5.21. The maximum Gasteiger partial charge on any atom is 0.119 e. The third kappa shape index (κ3) is 3.86. The van der Waals surface area contributed by atoms with Crippen LogP contribution in [0.1, 0.15) is 20.8 Å². The molecular weight excluding hydrogens is 150 g/mol. The Morgan fingerprint density at radius 3 is 2.08 bits per heavy atom. The molecule has 1 aromatic carbocycles. The summed E-state index contributed by atoms with van der Waals surface area (Å²) >= 11 is 0. The third-order valence-electron chi connectivity index (χ3n) is 1.19. The smallest absolute Gasteiger partial charge is 0.119 e. The van der Waals surface area contributed by atoms with Crippen molar-refractivity contribution in [2.75, 3.05) is 12.3 Å². The fourth-order valence-electron chi connectivity index (χ4n) is 0.731. The Morgan fingerprint density at radius 1 is 1.17 bits per heavy atom. The normalized spacial score (nSPS) is 8.25. The Morgan fingerprint density at radius 2 is 1.67 bits per heavy atom. The zero-order valence-corrected chi connectivity index (χ0v) is 8.00. The molecule has 2 N–H and O–H groups in total. The van der Waals surface area contributed by atoms with Gasteiger partial charge in [0.15, 0.2) is 0 Å². The van der Waals surface area contributed by atoms with Gasteiger partial charge in [-0.2, -0.15) is 0 Å². The van der Waals surface area contributed by atoms with E-state index in [1.165, 1.54) is 0 Å². The molecule has 0 unspecified atom stereocenters. The van der Waals surface area contributed by atoms with Crippen LogP contribution >= 0.6 is 0 Å². The van der Waals surface area contributed by atoms with E-state index in [2.05, 4.69) is 0 Å². The summed E-state index contributed by atoms with van der Waals surface area (Å²) in [5.41, 5.74) is 6.23. The predicted octanol–water partition coefficient (Wildman–Crippen LogP) is 2.69. The van der Waals surface area contributed by atoms with Crippen LogP contribution in [0.3, 0.4) is 0 Å². The van der Waals surface area contributed by atoms with Crippen molar-refractivity contribution in [1.29, 1.82) is 0 Å². The summed E-state index contributed by atoms with van der Waals surface area (Å²) in [4.78, 5) is 0. The predicted molar refractivity (Wildman–Crippen MR) is 53.4 cm³/mol. The van der Waals surface area contributed by atoms with Gasteiger partial charge in [-0.3, -0.25) is 0 Å². The van der Waals surface area contributed by atoms with E-state index < -0.39 is 0 Å². The molecule has 68 valence electrons. The highest BCUT2D eigenvalue weighted by Gasteiger charge is 1.88. The molecule has 0 aliphatic rings. The van der Waals surface area contributed by atoms with Crippen LogP contribution in [0.4, 0.5) is 5.69 Å². The van der Waals surface area contributed by atoms with E-state index in [-0.39, 0.29) is 0 Å². The van der Waals surface area contributed by atoms with Crippen molar-refractivity contribution >= 4 is 5.69 Å². The van der Waals surface area contributed by atoms with Crippen molar-refractivity contribution in [1.82, 2.24) is 0 Å². The number of benzene rings is 1. The van der Waals surface area contributed by atoms with Crippen LogP contribution in [0.25, 0.3) is 0 Å². The Balaban J connectivity index is 0.000000561. The molecule has 0 atom stereocenters. The van der Waals surface area contributed by atoms with Crippen molar-refractivity contribution in [3.8, 4) is 5.75 Å². The second-order valence-corrected chi connectivity index (χ2v) is 2.00. The van der Waals surface area contributed by atoms with Crippen LogP contribution in [0.2, 0.25) is 0 Å². The topological polar surface area (TPSA) is 35.2 Å². The van der Waals surface area contributed by atoms with Crippen molar-refractivity contribution in [3.05, 3.63) is 24.3 Å². The lowest BCUT2D eigenvalue weighted by Crippen LogP contribution is -1.91. The van der Waals surface area contributed by atoms with E-state index in [0.29, 0.717) is 6.61 Å². The molecule has 0 saturated carbocycles. The monoisotopic (exact) mass is 167 g/mol. The highest BCUT2D eigenvalue weighted by atomic mass is 16.5. The van der Waals surface area contributed by atoms with Gasteiger partial charge in [0.05, 0.1) is 6.61 Å². The van der Waals surface area contributed by atoms with E-state index in [1.54, 1.807) is 0 Å². The Labute approximate surface area is 74.4 Å². The number of ether oxygens (including phenoxy) is 1. The Kier molecular flexibility index (Phi) is 5.88. The highest BCUT2D eigenvalue weighted by molar-refractivity contribution is 5.41. The third-order valence-corrected chi connectivity index (χ3v) is 1.19. The van der Waals surface area contributed by atoms with Gasteiger partial charge in [0, 0.05) is 5.69 Å². The number of nitrogen functional groups attached to an aromatic ring is 1. The lowest BCUT2D eigenvalue weighted by molar-refractivity contribution is 0.340. The number of anilines is 1. The molecule has 0 spiro atoms. The van der Waals surface area contributed by atoms with E-state index >= 15 is 0 Å². The van der Waals surface area contributed by atoms with Crippen molar-refractivity contribution in [2.45, 2.75) is 20.8 Å². The molecule has 0 aliphatic heterocycles. The molecule has 0 bridgehead atoms. The molecule has 0 fully saturated rings. The van der Waals surface area contributed by atoms with Gasteiger partial charge in [0.2, 0.25) is 0 Å². The summed E-state index contributed by atoms with van der Waals surface area (Å²) in [6.45, 7) is 6.65. The lowest BCUT2D eigenvalue weighted by Gasteiger charge is -2.01. The molecule has 12 heavy (non-hydrogen) atoms. The Hall–Kier alpha value is -1.18. The molecule has 0 aromatic heterocycles. The van der Waals surface area contributed by atoms with Gasteiger partial charge in [-0.15, -0.1) is 0 Å².